The Bertz CT molecular complexity index is 721. The molecule has 0 aliphatic carbocycles. The number of carbonyl (C=O) groups excluding carboxylic acids is 1. The summed E-state index contributed by atoms with van der Waals surface area (Å²) in [5, 5.41) is 13.2. The molecule has 1 saturated heterocycles. The number of β-amino-alcohol motifs (C(OH)–C–C–N with tert-alkyl or cyclic N) is 1. The van der Waals surface area contributed by atoms with Gasteiger partial charge in [-0.1, -0.05) is 18.2 Å². The summed E-state index contributed by atoms with van der Waals surface area (Å²) < 4.78 is 5.14. The molecule has 27 heavy (non-hydrogen) atoms. The highest BCUT2D eigenvalue weighted by molar-refractivity contribution is 5.78. The number of nitrogens with zero attached hydrogens (tertiary/aromatic N) is 2. The number of rotatable bonds is 8. The third kappa shape index (κ3) is 5.77. The second-order valence-electron chi connectivity index (χ2n) is 6.99. The Morgan fingerprint density at radius 2 is 2.07 bits per heavy atom. The number of ether oxygens (including phenoxy) is 1. The number of pyridine rings is 1. The summed E-state index contributed by atoms with van der Waals surface area (Å²) in [4.78, 5) is 18.5. The van der Waals surface area contributed by atoms with Crippen LogP contribution in [0, 0.1) is 5.92 Å². The van der Waals surface area contributed by atoms with E-state index in [4.69, 9.17) is 4.74 Å². The van der Waals surface area contributed by atoms with Crippen LogP contribution in [0.4, 0.5) is 0 Å². The Kier molecular flexibility index (Phi) is 6.79. The van der Waals surface area contributed by atoms with Gasteiger partial charge >= 0.3 is 0 Å². The van der Waals surface area contributed by atoms with Gasteiger partial charge in [-0.3, -0.25) is 14.7 Å². The number of aromatic nitrogens is 1. The predicted octanol–water partition coefficient (Wildman–Crippen LogP) is 1.28. The first-order valence-corrected chi connectivity index (χ1v) is 9.34. The minimum absolute atomic E-state index is 0.00537. The third-order valence-corrected chi connectivity index (χ3v) is 4.94. The quantitative estimate of drug-likeness (QED) is 0.733. The molecule has 3 rings (SSSR count). The summed E-state index contributed by atoms with van der Waals surface area (Å²) in [7, 11) is 1.64. The van der Waals surface area contributed by atoms with Gasteiger partial charge < -0.3 is 15.2 Å². The van der Waals surface area contributed by atoms with Crippen LogP contribution in [0.1, 0.15) is 11.3 Å². The number of aliphatic hydroxyl groups is 1. The highest BCUT2D eigenvalue weighted by Crippen LogP contribution is 2.20. The Balaban J connectivity index is 1.39. The van der Waals surface area contributed by atoms with Crippen LogP contribution in [0.25, 0.3) is 0 Å². The SMILES string of the molecule is COc1ccc(CCNC(=O)CN2C[C@@H](Cc3ccccn3)[C@H](O)C2)cc1. The van der Waals surface area contributed by atoms with E-state index in [-0.39, 0.29) is 11.8 Å². The van der Waals surface area contributed by atoms with Crippen LogP contribution in [-0.2, 0) is 17.6 Å². The van der Waals surface area contributed by atoms with Gasteiger partial charge in [0.1, 0.15) is 5.75 Å². The summed E-state index contributed by atoms with van der Waals surface area (Å²) in [5.41, 5.74) is 2.13. The number of benzene rings is 1. The van der Waals surface area contributed by atoms with Gasteiger partial charge in [0, 0.05) is 37.4 Å². The zero-order valence-corrected chi connectivity index (χ0v) is 15.7. The summed E-state index contributed by atoms with van der Waals surface area (Å²) in [6.07, 6.45) is 2.86. The molecule has 6 nitrogen and oxygen atoms in total. The monoisotopic (exact) mass is 369 g/mol. The van der Waals surface area contributed by atoms with E-state index in [1.54, 1.807) is 13.3 Å². The number of carbonyl (C=O) groups is 1. The maximum Gasteiger partial charge on any atom is 0.234 e. The fourth-order valence-electron chi connectivity index (χ4n) is 3.46. The minimum Gasteiger partial charge on any atom is -0.497 e. The molecule has 2 aromatic rings. The number of amides is 1. The smallest absolute Gasteiger partial charge is 0.234 e. The lowest BCUT2D eigenvalue weighted by atomic mass is 10.00. The summed E-state index contributed by atoms with van der Waals surface area (Å²) in [6.45, 7) is 2.16. The van der Waals surface area contributed by atoms with Crippen molar-refractivity contribution in [2.24, 2.45) is 5.92 Å². The third-order valence-electron chi connectivity index (χ3n) is 4.94. The Morgan fingerprint density at radius 3 is 2.78 bits per heavy atom. The molecule has 1 aliphatic heterocycles. The maximum absolute atomic E-state index is 12.2. The number of nitrogens with one attached hydrogen (secondary N) is 1. The van der Waals surface area contributed by atoms with Crippen molar-refractivity contribution in [3.05, 3.63) is 59.9 Å². The zero-order chi connectivity index (χ0) is 19.1. The second kappa shape index (κ2) is 9.48. The lowest BCUT2D eigenvalue weighted by molar-refractivity contribution is -0.122. The summed E-state index contributed by atoms with van der Waals surface area (Å²) in [5.74, 6) is 0.942. The molecule has 0 radical (unpaired) electrons. The lowest BCUT2D eigenvalue weighted by Gasteiger charge is -2.15. The average molecular weight is 369 g/mol. The van der Waals surface area contributed by atoms with Crippen molar-refractivity contribution < 1.29 is 14.6 Å². The zero-order valence-electron chi connectivity index (χ0n) is 15.7. The molecule has 2 N–H and O–H groups in total. The fourth-order valence-corrected chi connectivity index (χ4v) is 3.46. The number of aliphatic hydroxyl groups excluding tert-OH is 1. The standard InChI is InChI=1S/C21H27N3O3/c1-27-19-7-5-16(6-8-19)9-11-23-21(26)15-24-13-17(20(25)14-24)12-18-4-2-3-10-22-18/h2-8,10,17,20,25H,9,11-15H2,1H3,(H,23,26)/t17-,20-/m1/s1. The molecule has 2 atom stereocenters. The highest BCUT2D eigenvalue weighted by Gasteiger charge is 2.32. The van der Waals surface area contributed by atoms with Gasteiger partial charge in [0.25, 0.3) is 0 Å². The molecular formula is C21H27N3O3. The number of hydrogen-bond acceptors (Lipinski definition) is 5. The van der Waals surface area contributed by atoms with E-state index in [1.807, 2.05) is 47.4 Å². The number of methoxy groups -OCH3 is 1. The Hall–Kier alpha value is -2.44. The molecule has 0 bridgehead atoms. The van der Waals surface area contributed by atoms with E-state index in [9.17, 15) is 9.90 Å². The van der Waals surface area contributed by atoms with Crippen LogP contribution in [0.5, 0.6) is 5.75 Å². The molecule has 1 fully saturated rings. The molecule has 6 heteroatoms. The molecule has 2 heterocycles. The van der Waals surface area contributed by atoms with E-state index >= 15 is 0 Å². The van der Waals surface area contributed by atoms with Crippen molar-refractivity contribution in [3.63, 3.8) is 0 Å². The van der Waals surface area contributed by atoms with Crippen LogP contribution < -0.4 is 10.1 Å². The van der Waals surface area contributed by atoms with Crippen LogP contribution in [0.2, 0.25) is 0 Å². The topological polar surface area (TPSA) is 74.7 Å². The number of likely N-dealkylation sites (tertiary alicyclic amines) is 1. The normalized spacial score (nSPS) is 19.8. The summed E-state index contributed by atoms with van der Waals surface area (Å²) >= 11 is 0. The first kappa shape index (κ1) is 19.3. The van der Waals surface area contributed by atoms with Crippen LogP contribution in [-0.4, -0.2) is 60.3 Å². The van der Waals surface area contributed by atoms with Crippen molar-refractivity contribution in [1.82, 2.24) is 15.2 Å². The van der Waals surface area contributed by atoms with E-state index in [0.29, 0.717) is 26.2 Å². The Labute approximate surface area is 160 Å². The van der Waals surface area contributed by atoms with Gasteiger partial charge in [-0.15, -0.1) is 0 Å². The van der Waals surface area contributed by atoms with Gasteiger partial charge in [0.15, 0.2) is 0 Å². The predicted molar refractivity (Wildman–Crippen MR) is 104 cm³/mol. The molecule has 1 aromatic heterocycles. The first-order chi connectivity index (χ1) is 13.1. The van der Waals surface area contributed by atoms with E-state index in [2.05, 4.69) is 10.3 Å². The van der Waals surface area contributed by atoms with Crippen molar-refractivity contribution in [1.29, 1.82) is 0 Å². The molecular weight excluding hydrogens is 342 g/mol. The fraction of sp³-hybridized carbons (Fsp3) is 0.429. The number of hydrogen-bond donors (Lipinski definition) is 2. The van der Waals surface area contributed by atoms with E-state index in [0.717, 1.165) is 29.8 Å². The van der Waals surface area contributed by atoms with Crippen molar-refractivity contribution in [3.8, 4) is 5.75 Å². The molecule has 0 saturated carbocycles. The first-order valence-electron chi connectivity index (χ1n) is 9.34. The molecule has 0 spiro atoms. The van der Waals surface area contributed by atoms with Gasteiger partial charge in [-0.05, 0) is 42.7 Å². The van der Waals surface area contributed by atoms with Crippen LogP contribution in [0.3, 0.4) is 0 Å². The van der Waals surface area contributed by atoms with Gasteiger partial charge in [0.2, 0.25) is 5.91 Å². The van der Waals surface area contributed by atoms with Crippen LogP contribution in [0.15, 0.2) is 48.7 Å². The summed E-state index contributed by atoms with van der Waals surface area (Å²) in [6, 6.07) is 13.7. The molecule has 0 unspecified atom stereocenters. The minimum atomic E-state index is -0.417. The molecule has 1 amide bonds. The van der Waals surface area contributed by atoms with Crippen LogP contribution >= 0.6 is 0 Å². The Morgan fingerprint density at radius 1 is 1.26 bits per heavy atom. The molecule has 144 valence electrons. The molecule has 1 aromatic carbocycles. The molecule has 1 aliphatic rings. The van der Waals surface area contributed by atoms with Crippen molar-refractivity contribution in [2.75, 3.05) is 33.3 Å². The van der Waals surface area contributed by atoms with E-state index in [1.165, 1.54) is 0 Å². The second-order valence-corrected chi connectivity index (χ2v) is 6.99. The maximum atomic E-state index is 12.2. The van der Waals surface area contributed by atoms with Gasteiger partial charge in [-0.2, -0.15) is 0 Å². The largest absolute Gasteiger partial charge is 0.497 e. The average Bonchev–Trinajstić information content (AvgIpc) is 3.02. The van der Waals surface area contributed by atoms with Crippen molar-refractivity contribution in [2.45, 2.75) is 18.9 Å². The van der Waals surface area contributed by atoms with Crippen molar-refractivity contribution >= 4 is 5.91 Å². The lowest BCUT2D eigenvalue weighted by Crippen LogP contribution is -2.37. The van der Waals surface area contributed by atoms with Gasteiger partial charge in [0.05, 0.1) is 19.8 Å². The highest BCUT2D eigenvalue weighted by atomic mass is 16.5. The van der Waals surface area contributed by atoms with Gasteiger partial charge in [-0.25, -0.2) is 0 Å². The van der Waals surface area contributed by atoms with E-state index < -0.39 is 6.10 Å².